The zero-order valence-corrected chi connectivity index (χ0v) is 13.0. The fraction of sp³-hybridized carbons (Fsp3) is 0.333. The van der Waals surface area contributed by atoms with Gasteiger partial charge in [-0.15, -0.1) is 0 Å². The van der Waals surface area contributed by atoms with Gasteiger partial charge in [-0.05, 0) is 35.2 Å². The summed E-state index contributed by atoms with van der Waals surface area (Å²) in [6.45, 7) is 2.23. The summed E-state index contributed by atoms with van der Waals surface area (Å²) in [6, 6.07) is 10.5. The van der Waals surface area contributed by atoms with Crippen LogP contribution in [0, 0.1) is 0 Å². The number of nitrogens with two attached hydrogens (primary N) is 2. The predicted octanol–water partition coefficient (Wildman–Crippen LogP) is 4.07. The number of anilines is 2. The van der Waals surface area contributed by atoms with Gasteiger partial charge in [0.25, 0.3) is 0 Å². The zero-order chi connectivity index (χ0) is 15.5. The summed E-state index contributed by atoms with van der Waals surface area (Å²) in [6.07, 6.45) is 6.04. The van der Waals surface area contributed by atoms with Crippen molar-refractivity contribution in [3.63, 3.8) is 0 Å². The standard InChI is InChI=1S/C18H22N4/c1-2-3-4-5-8-12-11-15-16(17(19)22-18(20)21-15)14-10-7-6-9-13(12)14/h6-7,9-11H,2-5,8H2,1H3,(H4,19,20,21,22). The van der Waals surface area contributed by atoms with E-state index < -0.39 is 0 Å². The fourth-order valence-corrected chi connectivity index (χ4v) is 3.07. The monoisotopic (exact) mass is 294 g/mol. The van der Waals surface area contributed by atoms with Gasteiger partial charge < -0.3 is 11.5 Å². The van der Waals surface area contributed by atoms with Crippen molar-refractivity contribution in [2.24, 2.45) is 0 Å². The first kappa shape index (κ1) is 14.6. The molecule has 22 heavy (non-hydrogen) atoms. The highest BCUT2D eigenvalue weighted by Gasteiger charge is 2.11. The number of hydrogen-bond donors (Lipinski definition) is 2. The van der Waals surface area contributed by atoms with E-state index in [-0.39, 0.29) is 5.95 Å². The fourth-order valence-electron chi connectivity index (χ4n) is 3.07. The Kier molecular flexibility index (Phi) is 4.09. The van der Waals surface area contributed by atoms with Crippen LogP contribution >= 0.6 is 0 Å². The number of hydrogen-bond acceptors (Lipinski definition) is 4. The highest BCUT2D eigenvalue weighted by Crippen LogP contribution is 2.31. The molecular weight excluding hydrogens is 272 g/mol. The van der Waals surface area contributed by atoms with E-state index in [1.54, 1.807) is 0 Å². The van der Waals surface area contributed by atoms with E-state index in [0.717, 1.165) is 22.7 Å². The highest BCUT2D eigenvalue weighted by molar-refractivity contribution is 6.12. The number of aromatic nitrogens is 2. The second-order valence-electron chi connectivity index (χ2n) is 5.75. The van der Waals surface area contributed by atoms with Crippen LogP contribution in [0.2, 0.25) is 0 Å². The van der Waals surface area contributed by atoms with Gasteiger partial charge in [-0.25, -0.2) is 4.98 Å². The van der Waals surface area contributed by atoms with E-state index in [0.29, 0.717) is 5.82 Å². The molecule has 0 amide bonds. The van der Waals surface area contributed by atoms with Crippen molar-refractivity contribution in [1.82, 2.24) is 9.97 Å². The Morgan fingerprint density at radius 1 is 0.955 bits per heavy atom. The van der Waals surface area contributed by atoms with Crippen LogP contribution in [0.5, 0.6) is 0 Å². The molecule has 0 saturated carbocycles. The normalized spacial score (nSPS) is 11.3. The number of fused-ring (bicyclic) bond motifs is 3. The lowest BCUT2D eigenvalue weighted by Crippen LogP contribution is -2.02. The number of rotatable bonds is 5. The minimum absolute atomic E-state index is 0.234. The summed E-state index contributed by atoms with van der Waals surface area (Å²) in [7, 11) is 0. The molecule has 0 unspecified atom stereocenters. The molecule has 0 aliphatic rings. The van der Waals surface area contributed by atoms with Crippen molar-refractivity contribution >= 4 is 33.4 Å². The molecule has 4 heteroatoms. The van der Waals surface area contributed by atoms with Crippen LogP contribution in [-0.4, -0.2) is 9.97 Å². The maximum Gasteiger partial charge on any atom is 0.222 e. The molecule has 3 aromatic rings. The molecule has 0 aliphatic carbocycles. The number of benzene rings is 2. The molecule has 0 aliphatic heterocycles. The van der Waals surface area contributed by atoms with Crippen molar-refractivity contribution in [2.45, 2.75) is 39.0 Å². The maximum atomic E-state index is 6.08. The zero-order valence-electron chi connectivity index (χ0n) is 13.0. The van der Waals surface area contributed by atoms with Gasteiger partial charge in [0.15, 0.2) is 0 Å². The lowest BCUT2D eigenvalue weighted by molar-refractivity contribution is 0.668. The lowest BCUT2D eigenvalue weighted by atomic mass is 9.96. The number of nitrogens with zero attached hydrogens (tertiary/aromatic N) is 2. The lowest BCUT2D eigenvalue weighted by Gasteiger charge is -2.11. The van der Waals surface area contributed by atoms with Crippen molar-refractivity contribution in [3.05, 3.63) is 35.9 Å². The summed E-state index contributed by atoms with van der Waals surface area (Å²) in [5, 5.41) is 3.26. The Morgan fingerprint density at radius 2 is 1.73 bits per heavy atom. The van der Waals surface area contributed by atoms with E-state index in [2.05, 4.69) is 41.2 Å². The van der Waals surface area contributed by atoms with Gasteiger partial charge in [-0.1, -0.05) is 50.5 Å². The average molecular weight is 294 g/mol. The van der Waals surface area contributed by atoms with E-state index in [4.69, 9.17) is 11.5 Å². The van der Waals surface area contributed by atoms with Gasteiger partial charge in [0, 0.05) is 0 Å². The van der Waals surface area contributed by atoms with Crippen LogP contribution in [0.25, 0.3) is 21.7 Å². The molecule has 0 atom stereocenters. The third-order valence-electron chi connectivity index (χ3n) is 4.14. The molecule has 0 spiro atoms. The molecule has 1 heterocycles. The smallest absolute Gasteiger partial charge is 0.222 e. The molecule has 114 valence electrons. The minimum Gasteiger partial charge on any atom is -0.383 e. The van der Waals surface area contributed by atoms with Gasteiger partial charge >= 0.3 is 0 Å². The van der Waals surface area contributed by atoms with Crippen molar-refractivity contribution < 1.29 is 0 Å². The Labute approximate surface area is 130 Å². The summed E-state index contributed by atoms with van der Waals surface area (Å²) >= 11 is 0. The largest absolute Gasteiger partial charge is 0.383 e. The van der Waals surface area contributed by atoms with E-state index >= 15 is 0 Å². The van der Waals surface area contributed by atoms with E-state index in [9.17, 15) is 0 Å². The van der Waals surface area contributed by atoms with Crippen LogP contribution in [0.1, 0.15) is 38.2 Å². The van der Waals surface area contributed by atoms with Crippen LogP contribution in [0.15, 0.2) is 30.3 Å². The third kappa shape index (κ3) is 2.69. The maximum absolute atomic E-state index is 6.08. The molecule has 4 nitrogen and oxygen atoms in total. The first-order chi connectivity index (χ1) is 10.7. The Bertz CT molecular complexity index is 811. The second kappa shape index (κ2) is 6.18. The van der Waals surface area contributed by atoms with Gasteiger partial charge in [-0.3, -0.25) is 0 Å². The molecule has 0 fully saturated rings. The molecule has 0 bridgehead atoms. The quantitative estimate of drug-likeness (QED) is 0.549. The van der Waals surface area contributed by atoms with Crippen LogP contribution in [0.3, 0.4) is 0 Å². The predicted molar refractivity (Wildman–Crippen MR) is 93.7 cm³/mol. The highest BCUT2D eigenvalue weighted by atomic mass is 15.0. The topological polar surface area (TPSA) is 77.8 Å². The second-order valence-corrected chi connectivity index (χ2v) is 5.75. The molecule has 1 aromatic heterocycles. The number of aryl methyl sites for hydroxylation is 1. The molecule has 0 radical (unpaired) electrons. The molecule has 0 saturated heterocycles. The average Bonchev–Trinajstić information content (AvgIpc) is 2.50. The summed E-state index contributed by atoms with van der Waals surface area (Å²) < 4.78 is 0. The van der Waals surface area contributed by atoms with Crippen LogP contribution in [-0.2, 0) is 6.42 Å². The molecule has 3 rings (SSSR count). The minimum atomic E-state index is 0.234. The molecular formula is C18H22N4. The Hall–Kier alpha value is -2.36. The van der Waals surface area contributed by atoms with Gasteiger partial charge in [0.2, 0.25) is 5.95 Å². The van der Waals surface area contributed by atoms with Crippen molar-refractivity contribution in [2.75, 3.05) is 11.5 Å². The summed E-state index contributed by atoms with van der Waals surface area (Å²) in [4.78, 5) is 8.49. The van der Waals surface area contributed by atoms with Gasteiger partial charge in [-0.2, -0.15) is 4.98 Å². The Balaban J connectivity index is 2.14. The van der Waals surface area contributed by atoms with Gasteiger partial charge in [0.05, 0.1) is 10.9 Å². The third-order valence-corrected chi connectivity index (χ3v) is 4.14. The number of nitrogen functional groups attached to an aromatic ring is 2. The van der Waals surface area contributed by atoms with Crippen molar-refractivity contribution in [3.8, 4) is 0 Å². The molecule has 4 N–H and O–H groups in total. The first-order valence-electron chi connectivity index (χ1n) is 7.94. The SMILES string of the molecule is CCCCCCc1cc2nc(N)nc(N)c2c2ccccc12. The van der Waals surface area contributed by atoms with Crippen LogP contribution in [0.4, 0.5) is 11.8 Å². The van der Waals surface area contributed by atoms with Crippen molar-refractivity contribution in [1.29, 1.82) is 0 Å². The van der Waals surface area contributed by atoms with Crippen LogP contribution < -0.4 is 11.5 Å². The number of unbranched alkanes of at least 4 members (excludes halogenated alkanes) is 3. The summed E-state index contributed by atoms with van der Waals surface area (Å²) in [5.41, 5.74) is 14.0. The first-order valence-corrected chi connectivity index (χ1v) is 7.94. The van der Waals surface area contributed by atoms with Gasteiger partial charge in [0.1, 0.15) is 5.82 Å². The van der Waals surface area contributed by atoms with E-state index in [1.165, 1.54) is 36.6 Å². The Morgan fingerprint density at radius 3 is 2.50 bits per heavy atom. The molecule has 2 aromatic carbocycles. The van der Waals surface area contributed by atoms with E-state index in [1.807, 2.05) is 6.07 Å². The summed E-state index contributed by atoms with van der Waals surface area (Å²) in [5.74, 6) is 0.688.